The summed E-state index contributed by atoms with van der Waals surface area (Å²) in [6.07, 6.45) is 4.55. The number of amides is 2. The molecule has 0 fully saturated rings. The third kappa shape index (κ3) is 4.98. The number of anilines is 1. The standard InChI is InChI=1S/C21H19ClN6O4/c1-27-12-17(19(26-27)21(30)23-11-16-3-2-10-31-16)25-20(29)18-8-9-24-28(18)13-32-15-6-4-14(22)5-7-15/h2-10,12H,11,13H2,1H3,(H,23,30)(H,25,29). The lowest BCUT2D eigenvalue weighted by molar-refractivity contribution is 0.0943. The maximum atomic E-state index is 12.9. The molecular weight excluding hydrogens is 436 g/mol. The summed E-state index contributed by atoms with van der Waals surface area (Å²) in [5.74, 6) is 0.274. The second-order valence-corrected chi connectivity index (χ2v) is 7.16. The van der Waals surface area contributed by atoms with E-state index in [4.69, 9.17) is 20.8 Å². The highest BCUT2D eigenvalue weighted by molar-refractivity contribution is 6.30. The molecule has 164 valence electrons. The van der Waals surface area contributed by atoms with Crippen molar-refractivity contribution in [2.24, 2.45) is 7.05 Å². The number of furan rings is 1. The van der Waals surface area contributed by atoms with Crippen LogP contribution < -0.4 is 15.4 Å². The van der Waals surface area contributed by atoms with Crippen LogP contribution in [0.25, 0.3) is 0 Å². The van der Waals surface area contributed by atoms with Gasteiger partial charge in [-0.05, 0) is 42.5 Å². The maximum Gasteiger partial charge on any atom is 0.274 e. The van der Waals surface area contributed by atoms with Crippen molar-refractivity contribution in [3.63, 3.8) is 0 Å². The fourth-order valence-electron chi connectivity index (χ4n) is 2.89. The lowest BCUT2D eigenvalue weighted by Crippen LogP contribution is -2.25. The summed E-state index contributed by atoms with van der Waals surface area (Å²) in [6, 6.07) is 11.9. The average molecular weight is 455 g/mol. The smallest absolute Gasteiger partial charge is 0.274 e. The molecule has 1 aromatic carbocycles. The third-order valence-electron chi connectivity index (χ3n) is 4.41. The average Bonchev–Trinajstić information content (AvgIpc) is 3.53. The summed E-state index contributed by atoms with van der Waals surface area (Å²) < 4.78 is 13.7. The number of benzene rings is 1. The molecule has 0 atom stereocenters. The van der Waals surface area contributed by atoms with E-state index in [1.807, 2.05) is 0 Å². The fourth-order valence-corrected chi connectivity index (χ4v) is 3.02. The Morgan fingerprint density at radius 2 is 1.97 bits per heavy atom. The van der Waals surface area contributed by atoms with Crippen LogP contribution in [-0.4, -0.2) is 31.4 Å². The van der Waals surface area contributed by atoms with Gasteiger partial charge in [0.15, 0.2) is 12.4 Å². The van der Waals surface area contributed by atoms with Crippen molar-refractivity contribution >= 4 is 29.1 Å². The minimum Gasteiger partial charge on any atom is -0.471 e. The van der Waals surface area contributed by atoms with Crippen molar-refractivity contribution in [1.82, 2.24) is 24.9 Å². The van der Waals surface area contributed by atoms with Gasteiger partial charge in [0.25, 0.3) is 11.8 Å². The number of ether oxygens (including phenoxy) is 1. The molecule has 0 aliphatic carbocycles. The predicted octanol–water partition coefficient (Wildman–Crippen LogP) is 3.08. The first-order valence-corrected chi connectivity index (χ1v) is 9.93. The van der Waals surface area contributed by atoms with E-state index in [-0.39, 0.29) is 30.4 Å². The lowest BCUT2D eigenvalue weighted by Gasteiger charge is -2.10. The van der Waals surface area contributed by atoms with E-state index in [2.05, 4.69) is 20.8 Å². The number of nitrogens with one attached hydrogen (secondary N) is 2. The molecule has 0 saturated heterocycles. The molecule has 0 aliphatic rings. The highest BCUT2D eigenvalue weighted by atomic mass is 35.5. The van der Waals surface area contributed by atoms with E-state index in [0.29, 0.717) is 16.5 Å². The molecule has 0 spiro atoms. The molecule has 2 amide bonds. The SMILES string of the molecule is Cn1cc(NC(=O)c2ccnn2COc2ccc(Cl)cc2)c(C(=O)NCc2ccco2)n1. The number of hydrogen-bond acceptors (Lipinski definition) is 6. The van der Waals surface area contributed by atoms with Crippen LogP contribution in [0, 0.1) is 0 Å². The summed E-state index contributed by atoms with van der Waals surface area (Å²) >= 11 is 5.87. The molecule has 0 saturated carbocycles. The Morgan fingerprint density at radius 1 is 1.16 bits per heavy atom. The molecule has 0 aliphatic heterocycles. The van der Waals surface area contributed by atoms with Crippen LogP contribution in [0.2, 0.25) is 5.02 Å². The Balaban J connectivity index is 1.42. The largest absolute Gasteiger partial charge is 0.471 e. The van der Waals surface area contributed by atoms with Crippen molar-refractivity contribution in [3.8, 4) is 5.75 Å². The zero-order chi connectivity index (χ0) is 22.5. The number of halogens is 1. The minimum atomic E-state index is -0.463. The Kier molecular flexibility index (Phi) is 6.22. The summed E-state index contributed by atoms with van der Waals surface area (Å²) in [5, 5.41) is 14.3. The molecule has 11 heteroatoms. The Morgan fingerprint density at radius 3 is 2.72 bits per heavy atom. The van der Waals surface area contributed by atoms with Crippen molar-refractivity contribution < 1.29 is 18.7 Å². The summed E-state index contributed by atoms with van der Waals surface area (Å²) in [4.78, 5) is 25.4. The van der Waals surface area contributed by atoms with Gasteiger partial charge < -0.3 is 19.8 Å². The first-order chi connectivity index (χ1) is 15.5. The summed E-state index contributed by atoms with van der Waals surface area (Å²) in [6.45, 7) is 0.214. The number of nitrogens with zero attached hydrogens (tertiary/aromatic N) is 4. The van der Waals surface area contributed by atoms with E-state index in [1.54, 1.807) is 55.7 Å². The van der Waals surface area contributed by atoms with Gasteiger partial charge in [-0.3, -0.25) is 14.3 Å². The number of hydrogen-bond donors (Lipinski definition) is 2. The van der Waals surface area contributed by atoms with Crippen LogP contribution in [-0.2, 0) is 20.3 Å². The molecule has 0 bridgehead atoms. The first-order valence-electron chi connectivity index (χ1n) is 9.55. The van der Waals surface area contributed by atoms with E-state index in [1.165, 1.54) is 21.8 Å². The Bertz CT molecular complexity index is 1210. The summed E-state index contributed by atoms with van der Waals surface area (Å²) in [5.41, 5.74) is 0.599. The van der Waals surface area contributed by atoms with Crippen LogP contribution >= 0.6 is 11.6 Å². The molecule has 3 heterocycles. The molecule has 10 nitrogen and oxygen atoms in total. The number of aryl methyl sites for hydroxylation is 1. The van der Waals surface area contributed by atoms with Gasteiger partial charge in [0.1, 0.15) is 17.2 Å². The maximum absolute atomic E-state index is 12.9. The molecule has 0 radical (unpaired) electrons. The molecule has 3 aromatic heterocycles. The van der Waals surface area contributed by atoms with Crippen LogP contribution in [0.4, 0.5) is 5.69 Å². The van der Waals surface area contributed by atoms with Gasteiger partial charge in [-0.2, -0.15) is 10.2 Å². The first kappa shape index (κ1) is 21.2. The zero-order valence-corrected chi connectivity index (χ0v) is 17.7. The number of carbonyl (C=O) groups is 2. The van der Waals surface area contributed by atoms with Gasteiger partial charge in [0.2, 0.25) is 0 Å². The van der Waals surface area contributed by atoms with Gasteiger partial charge in [0, 0.05) is 24.5 Å². The quantitative estimate of drug-likeness (QED) is 0.422. The number of carbonyl (C=O) groups excluding carboxylic acids is 2. The normalized spacial score (nSPS) is 10.7. The van der Waals surface area contributed by atoms with E-state index < -0.39 is 11.8 Å². The van der Waals surface area contributed by atoms with Gasteiger partial charge in [-0.25, -0.2) is 4.68 Å². The fraction of sp³-hybridized carbons (Fsp3) is 0.143. The van der Waals surface area contributed by atoms with Gasteiger partial charge >= 0.3 is 0 Å². The van der Waals surface area contributed by atoms with Crippen molar-refractivity contribution in [1.29, 1.82) is 0 Å². The lowest BCUT2D eigenvalue weighted by atomic mass is 10.3. The zero-order valence-electron chi connectivity index (χ0n) is 17.0. The molecule has 2 N–H and O–H groups in total. The predicted molar refractivity (Wildman–Crippen MR) is 115 cm³/mol. The molecule has 4 rings (SSSR count). The second kappa shape index (κ2) is 9.40. The molecule has 0 unspecified atom stereocenters. The second-order valence-electron chi connectivity index (χ2n) is 6.72. The number of aromatic nitrogens is 4. The van der Waals surface area contributed by atoms with E-state index >= 15 is 0 Å². The highest BCUT2D eigenvalue weighted by Gasteiger charge is 2.20. The molecular formula is C21H19ClN6O4. The van der Waals surface area contributed by atoms with Crippen molar-refractivity contribution in [3.05, 3.63) is 83.3 Å². The minimum absolute atomic E-state index is 0.0148. The third-order valence-corrected chi connectivity index (χ3v) is 4.66. The number of rotatable bonds is 8. The van der Waals surface area contributed by atoms with Crippen molar-refractivity contribution in [2.75, 3.05) is 5.32 Å². The molecule has 32 heavy (non-hydrogen) atoms. The van der Waals surface area contributed by atoms with E-state index in [9.17, 15) is 9.59 Å². The van der Waals surface area contributed by atoms with Gasteiger partial charge in [-0.1, -0.05) is 11.6 Å². The highest BCUT2D eigenvalue weighted by Crippen LogP contribution is 2.17. The van der Waals surface area contributed by atoms with Crippen LogP contribution in [0.5, 0.6) is 5.75 Å². The van der Waals surface area contributed by atoms with Gasteiger partial charge in [-0.15, -0.1) is 0 Å². The topological polar surface area (TPSA) is 116 Å². The van der Waals surface area contributed by atoms with Crippen molar-refractivity contribution in [2.45, 2.75) is 13.3 Å². The molecule has 4 aromatic rings. The van der Waals surface area contributed by atoms with Gasteiger partial charge in [0.05, 0.1) is 18.5 Å². The van der Waals surface area contributed by atoms with E-state index in [0.717, 1.165) is 0 Å². The van der Waals surface area contributed by atoms with Crippen LogP contribution in [0.1, 0.15) is 26.7 Å². The Labute approximate surface area is 187 Å². The van der Waals surface area contributed by atoms with Crippen LogP contribution in [0.15, 0.2) is 65.5 Å². The summed E-state index contributed by atoms with van der Waals surface area (Å²) in [7, 11) is 1.66. The Hall–Kier alpha value is -4.05. The van der Waals surface area contributed by atoms with Crippen LogP contribution in [0.3, 0.4) is 0 Å². The monoisotopic (exact) mass is 454 g/mol.